The van der Waals surface area contributed by atoms with Crippen LogP contribution in [-0.4, -0.2) is 50.0 Å². The number of rotatable bonds is 6. The SMILES string of the molecule is Cc1c(-c2[nH]c3sc(-c4cccc(C5CCN(CC(N)=O)CC5)c4)c(C)c3c2C(C)C)cn2ncnc2c1C. The predicted octanol–water partition coefficient (Wildman–Crippen LogP) is 6.32. The fourth-order valence-electron chi connectivity index (χ4n) is 6.33. The van der Waals surface area contributed by atoms with Gasteiger partial charge in [-0.3, -0.25) is 9.69 Å². The minimum absolute atomic E-state index is 0.243. The number of primary amides is 1. The first-order valence-electron chi connectivity index (χ1n) is 13.8. The Hall–Kier alpha value is -3.49. The highest BCUT2D eigenvalue weighted by Crippen LogP contribution is 2.46. The fraction of sp³-hybridized carbons (Fsp3) is 0.387. The van der Waals surface area contributed by atoms with Gasteiger partial charge in [-0.1, -0.05) is 38.1 Å². The van der Waals surface area contributed by atoms with Crippen molar-refractivity contribution in [2.75, 3.05) is 19.6 Å². The molecule has 1 fully saturated rings. The first-order valence-corrected chi connectivity index (χ1v) is 14.6. The molecule has 1 aliphatic heterocycles. The van der Waals surface area contributed by atoms with Gasteiger partial charge in [0.05, 0.1) is 12.2 Å². The fourth-order valence-corrected chi connectivity index (χ4v) is 7.55. The number of amides is 1. The molecule has 0 aliphatic carbocycles. The highest BCUT2D eigenvalue weighted by Gasteiger charge is 2.25. The molecule has 0 unspecified atom stereocenters. The molecular weight excluding hydrogens is 504 g/mol. The van der Waals surface area contributed by atoms with E-state index in [1.54, 1.807) is 6.33 Å². The van der Waals surface area contributed by atoms with Gasteiger partial charge < -0.3 is 10.7 Å². The molecule has 4 aromatic heterocycles. The lowest BCUT2D eigenvalue weighted by molar-refractivity contribution is -0.119. The zero-order valence-corrected chi connectivity index (χ0v) is 24.2. The Balaban J connectivity index is 1.38. The molecule has 0 bridgehead atoms. The number of nitrogens with zero attached hydrogens (tertiary/aromatic N) is 4. The second-order valence-electron chi connectivity index (χ2n) is 11.3. The van der Waals surface area contributed by atoms with E-state index in [-0.39, 0.29) is 5.91 Å². The minimum atomic E-state index is -0.243. The number of aromatic amines is 1. The van der Waals surface area contributed by atoms with Gasteiger partial charge in [0.2, 0.25) is 5.91 Å². The maximum atomic E-state index is 11.3. The number of hydrogen-bond acceptors (Lipinski definition) is 5. The highest BCUT2D eigenvalue weighted by atomic mass is 32.1. The first-order chi connectivity index (χ1) is 18.7. The Labute approximate surface area is 233 Å². The standard InChI is InChI=1S/C31H36N6OS/c1-17(2)26-27-20(5)29(23-8-6-7-22(13-23)21-9-11-36(12-10-21)15-25(32)38)39-31(27)35-28(26)24-14-37-30(33-16-34-37)19(4)18(24)3/h6-8,13-14,16-17,21,35H,9-12,15H2,1-5H3,(H2,32,38). The summed E-state index contributed by atoms with van der Waals surface area (Å²) >= 11 is 1.85. The number of piperidine rings is 1. The van der Waals surface area contributed by atoms with Crippen molar-refractivity contribution >= 4 is 33.1 Å². The van der Waals surface area contributed by atoms with Gasteiger partial charge in [-0.05, 0) is 91.9 Å². The third-order valence-corrected chi connectivity index (χ3v) is 9.74. The number of aryl methyl sites for hydroxylation is 2. The topological polar surface area (TPSA) is 92.3 Å². The van der Waals surface area contributed by atoms with E-state index in [2.05, 4.69) is 85.0 Å². The molecule has 0 spiro atoms. The van der Waals surface area contributed by atoms with Crippen molar-refractivity contribution < 1.29 is 4.79 Å². The molecule has 0 atom stereocenters. The van der Waals surface area contributed by atoms with Crippen molar-refractivity contribution in [3.63, 3.8) is 0 Å². The number of likely N-dealkylation sites (tertiary alicyclic amines) is 1. The van der Waals surface area contributed by atoms with E-state index in [1.807, 2.05) is 15.9 Å². The zero-order valence-electron chi connectivity index (χ0n) is 23.3. The number of nitrogens with two attached hydrogens (primary N) is 1. The molecule has 3 N–H and O–H groups in total. The maximum absolute atomic E-state index is 11.3. The summed E-state index contributed by atoms with van der Waals surface area (Å²) in [5.41, 5.74) is 16.5. The molecule has 1 saturated heterocycles. The lowest BCUT2D eigenvalue weighted by Gasteiger charge is -2.31. The van der Waals surface area contributed by atoms with Crippen LogP contribution >= 0.6 is 11.3 Å². The van der Waals surface area contributed by atoms with E-state index in [0.717, 1.165) is 37.1 Å². The lowest BCUT2D eigenvalue weighted by Crippen LogP contribution is -2.39. The monoisotopic (exact) mass is 540 g/mol. The van der Waals surface area contributed by atoms with Gasteiger partial charge in [-0.15, -0.1) is 11.3 Å². The van der Waals surface area contributed by atoms with Crippen LogP contribution in [0.5, 0.6) is 0 Å². The van der Waals surface area contributed by atoms with Crippen LogP contribution in [0.25, 0.3) is 37.6 Å². The Bertz CT molecular complexity index is 1700. The number of nitrogens with one attached hydrogen (secondary N) is 1. The largest absolute Gasteiger partial charge is 0.369 e. The second-order valence-corrected chi connectivity index (χ2v) is 12.3. The Morgan fingerprint density at radius 3 is 2.64 bits per heavy atom. The summed E-state index contributed by atoms with van der Waals surface area (Å²) < 4.78 is 1.89. The van der Waals surface area contributed by atoms with Crippen LogP contribution in [0.1, 0.15) is 66.3 Å². The summed E-state index contributed by atoms with van der Waals surface area (Å²) in [6, 6.07) is 9.08. The van der Waals surface area contributed by atoms with Gasteiger partial charge >= 0.3 is 0 Å². The van der Waals surface area contributed by atoms with Crippen LogP contribution in [0.15, 0.2) is 36.8 Å². The number of fused-ring (bicyclic) bond motifs is 2. The van der Waals surface area contributed by atoms with Crippen molar-refractivity contribution in [1.82, 2.24) is 24.5 Å². The smallest absolute Gasteiger partial charge is 0.231 e. The molecule has 0 radical (unpaired) electrons. The number of pyridine rings is 1. The number of H-pyrrole nitrogens is 1. The summed E-state index contributed by atoms with van der Waals surface area (Å²) in [6.45, 7) is 13.3. The van der Waals surface area contributed by atoms with Crippen LogP contribution in [0, 0.1) is 20.8 Å². The highest BCUT2D eigenvalue weighted by molar-refractivity contribution is 7.22. The van der Waals surface area contributed by atoms with Crippen molar-refractivity contribution in [2.45, 2.75) is 59.3 Å². The number of hydrogen-bond donors (Lipinski definition) is 2. The number of carbonyl (C=O) groups is 1. The number of thiophene rings is 1. The van der Waals surface area contributed by atoms with Crippen molar-refractivity contribution in [3.8, 4) is 21.7 Å². The molecule has 1 aliphatic rings. The van der Waals surface area contributed by atoms with Gasteiger partial charge in [-0.2, -0.15) is 5.10 Å². The molecule has 1 aromatic carbocycles. The molecule has 1 amide bonds. The van der Waals surface area contributed by atoms with E-state index < -0.39 is 0 Å². The summed E-state index contributed by atoms with van der Waals surface area (Å²) in [6.07, 6.45) is 5.84. The Kier molecular flexibility index (Phi) is 6.55. The number of aromatic nitrogens is 4. The van der Waals surface area contributed by atoms with E-state index in [1.165, 1.54) is 54.2 Å². The van der Waals surface area contributed by atoms with Crippen LogP contribution in [-0.2, 0) is 4.79 Å². The van der Waals surface area contributed by atoms with Crippen LogP contribution in [0.4, 0.5) is 0 Å². The quantitative estimate of drug-likeness (QED) is 0.264. The van der Waals surface area contributed by atoms with Crippen molar-refractivity contribution in [3.05, 3.63) is 64.6 Å². The molecule has 5 heterocycles. The number of benzene rings is 1. The Morgan fingerprint density at radius 2 is 1.92 bits per heavy atom. The van der Waals surface area contributed by atoms with E-state index in [0.29, 0.717) is 18.4 Å². The van der Waals surface area contributed by atoms with Crippen LogP contribution in [0.2, 0.25) is 0 Å². The summed E-state index contributed by atoms with van der Waals surface area (Å²) in [5, 5.41) is 5.78. The maximum Gasteiger partial charge on any atom is 0.231 e. The first kappa shape index (κ1) is 25.8. The molecule has 0 saturated carbocycles. The molecular formula is C31H36N6OS. The minimum Gasteiger partial charge on any atom is -0.369 e. The summed E-state index contributed by atoms with van der Waals surface area (Å²) in [4.78, 5) is 24.3. The Morgan fingerprint density at radius 1 is 1.15 bits per heavy atom. The van der Waals surface area contributed by atoms with Gasteiger partial charge in [-0.25, -0.2) is 9.50 Å². The van der Waals surface area contributed by atoms with Crippen molar-refractivity contribution in [1.29, 1.82) is 0 Å². The van der Waals surface area contributed by atoms with Crippen LogP contribution < -0.4 is 5.73 Å². The predicted molar refractivity (Wildman–Crippen MR) is 160 cm³/mol. The average Bonchev–Trinajstić information content (AvgIpc) is 3.61. The van der Waals surface area contributed by atoms with E-state index in [9.17, 15) is 4.79 Å². The molecule has 7 nitrogen and oxygen atoms in total. The number of carbonyl (C=O) groups excluding carboxylic acids is 1. The van der Waals surface area contributed by atoms with Crippen molar-refractivity contribution in [2.24, 2.45) is 5.73 Å². The molecule has 39 heavy (non-hydrogen) atoms. The van der Waals surface area contributed by atoms with E-state index in [4.69, 9.17) is 5.73 Å². The van der Waals surface area contributed by atoms with Gasteiger partial charge in [0.1, 0.15) is 11.2 Å². The molecule has 5 aromatic rings. The van der Waals surface area contributed by atoms with Gasteiger partial charge in [0.15, 0.2) is 5.65 Å². The van der Waals surface area contributed by atoms with Gasteiger partial charge in [0, 0.05) is 22.0 Å². The summed E-state index contributed by atoms with van der Waals surface area (Å²) in [5.74, 6) is 0.625. The summed E-state index contributed by atoms with van der Waals surface area (Å²) in [7, 11) is 0. The molecule has 202 valence electrons. The second kappa shape index (κ2) is 9.92. The van der Waals surface area contributed by atoms with Gasteiger partial charge in [0.25, 0.3) is 0 Å². The third-order valence-electron chi connectivity index (χ3n) is 8.48. The third kappa shape index (κ3) is 4.45. The molecule has 6 rings (SSSR count). The zero-order chi connectivity index (χ0) is 27.4. The normalized spacial score (nSPS) is 15.2. The molecule has 8 heteroatoms. The van der Waals surface area contributed by atoms with Crippen LogP contribution in [0.3, 0.4) is 0 Å². The lowest BCUT2D eigenvalue weighted by atomic mass is 9.88. The average molecular weight is 541 g/mol. The van der Waals surface area contributed by atoms with E-state index >= 15 is 0 Å².